The topological polar surface area (TPSA) is 21.3 Å². The lowest BCUT2D eigenvalue weighted by atomic mass is 10.1. The molecule has 1 atom stereocenters. The van der Waals surface area contributed by atoms with E-state index in [1.54, 1.807) is 12.1 Å². The smallest absolute Gasteiger partial charge is 0.184 e. The summed E-state index contributed by atoms with van der Waals surface area (Å²) in [5, 5.41) is 3.38. The van der Waals surface area contributed by atoms with Crippen molar-refractivity contribution < 1.29 is 9.13 Å². The summed E-state index contributed by atoms with van der Waals surface area (Å²) in [5.74, 6) is 0.169. The highest BCUT2D eigenvalue weighted by atomic mass is 35.5. The van der Waals surface area contributed by atoms with E-state index in [9.17, 15) is 4.39 Å². The summed E-state index contributed by atoms with van der Waals surface area (Å²) in [4.78, 5) is 0. The average Bonchev–Trinajstić information content (AvgIpc) is 2.45. The molecule has 0 aliphatic heterocycles. The van der Waals surface area contributed by atoms with Crippen LogP contribution in [-0.2, 0) is 0 Å². The number of benzene rings is 2. The van der Waals surface area contributed by atoms with Crippen molar-refractivity contribution in [1.29, 1.82) is 0 Å². The minimum atomic E-state index is -0.542. The Bertz CT molecular complexity index is 571. The largest absolute Gasteiger partial charge is 0.454 e. The Labute approximate surface area is 123 Å². The number of ether oxygens (including phenoxy) is 1. The molecule has 1 unspecified atom stereocenters. The Morgan fingerprint density at radius 3 is 2.55 bits per heavy atom. The molecule has 0 aromatic heterocycles. The van der Waals surface area contributed by atoms with E-state index in [-0.39, 0.29) is 16.8 Å². The lowest BCUT2D eigenvalue weighted by Crippen LogP contribution is -2.17. The second-order valence-electron chi connectivity index (χ2n) is 4.50. The first-order valence-electron chi connectivity index (χ1n) is 6.57. The molecule has 0 fully saturated rings. The van der Waals surface area contributed by atoms with Crippen LogP contribution in [0, 0.1) is 5.82 Å². The van der Waals surface area contributed by atoms with Crippen LogP contribution in [0.4, 0.5) is 4.39 Å². The van der Waals surface area contributed by atoms with E-state index in [1.807, 2.05) is 24.3 Å². The fourth-order valence-electron chi connectivity index (χ4n) is 1.94. The molecule has 1 N–H and O–H groups in total. The van der Waals surface area contributed by atoms with Crippen molar-refractivity contribution in [2.75, 3.05) is 6.54 Å². The molecule has 0 spiro atoms. The molecule has 2 aromatic rings. The molecule has 0 radical (unpaired) electrons. The van der Waals surface area contributed by atoms with E-state index in [0.29, 0.717) is 5.75 Å². The van der Waals surface area contributed by atoms with Crippen LogP contribution in [0.25, 0.3) is 0 Å². The molecule has 0 aliphatic carbocycles. The van der Waals surface area contributed by atoms with E-state index < -0.39 is 5.82 Å². The van der Waals surface area contributed by atoms with E-state index in [4.69, 9.17) is 16.3 Å². The fraction of sp³-hybridized carbons (Fsp3) is 0.250. The monoisotopic (exact) mass is 293 g/mol. The highest BCUT2D eigenvalue weighted by Gasteiger charge is 2.09. The molecule has 0 amide bonds. The maximum atomic E-state index is 13.7. The third-order valence-corrected chi connectivity index (χ3v) is 3.33. The van der Waals surface area contributed by atoms with Crippen LogP contribution < -0.4 is 10.1 Å². The van der Waals surface area contributed by atoms with Crippen molar-refractivity contribution in [2.45, 2.75) is 19.9 Å². The van der Waals surface area contributed by atoms with Gasteiger partial charge in [0.2, 0.25) is 0 Å². The van der Waals surface area contributed by atoms with Gasteiger partial charge in [0.25, 0.3) is 0 Å². The molecule has 0 saturated heterocycles. The first-order chi connectivity index (χ1) is 9.61. The summed E-state index contributed by atoms with van der Waals surface area (Å²) < 4.78 is 19.2. The summed E-state index contributed by atoms with van der Waals surface area (Å²) in [6.07, 6.45) is 0. The summed E-state index contributed by atoms with van der Waals surface area (Å²) in [5.41, 5.74) is 1.16. The third kappa shape index (κ3) is 3.50. The maximum absolute atomic E-state index is 13.7. The van der Waals surface area contributed by atoms with Crippen molar-refractivity contribution in [3.05, 3.63) is 58.9 Å². The molecule has 0 saturated carbocycles. The highest BCUT2D eigenvalue weighted by Crippen LogP contribution is 2.29. The number of hydrogen-bond donors (Lipinski definition) is 1. The number of hydrogen-bond acceptors (Lipinski definition) is 2. The van der Waals surface area contributed by atoms with Crippen molar-refractivity contribution >= 4 is 11.6 Å². The first-order valence-corrected chi connectivity index (χ1v) is 6.94. The van der Waals surface area contributed by atoms with Crippen LogP contribution in [0.1, 0.15) is 25.5 Å². The van der Waals surface area contributed by atoms with Crippen LogP contribution >= 0.6 is 11.6 Å². The maximum Gasteiger partial charge on any atom is 0.184 e. The molecule has 106 valence electrons. The van der Waals surface area contributed by atoms with Crippen LogP contribution in [0.15, 0.2) is 42.5 Å². The SMILES string of the molecule is CCNC(C)c1ccc(Oc2cccc(Cl)c2F)cc1. The zero-order valence-corrected chi connectivity index (χ0v) is 12.2. The Morgan fingerprint density at radius 1 is 1.20 bits per heavy atom. The Balaban J connectivity index is 2.13. The van der Waals surface area contributed by atoms with Crippen molar-refractivity contribution in [2.24, 2.45) is 0 Å². The summed E-state index contributed by atoms with van der Waals surface area (Å²) >= 11 is 5.72. The average molecular weight is 294 g/mol. The van der Waals surface area contributed by atoms with Gasteiger partial charge >= 0.3 is 0 Å². The minimum absolute atomic E-state index is 0.0555. The van der Waals surface area contributed by atoms with Crippen LogP contribution in [0.5, 0.6) is 11.5 Å². The second-order valence-corrected chi connectivity index (χ2v) is 4.91. The molecule has 2 nitrogen and oxygen atoms in total. The molecule has 0 aliphatic rings. The summed E-state index contributed by atoms with van der Waals surface area (Å²) in [6, 6.07) is 12.5. The molecule has 0 bridgehead atoms. The first kappa shape index (κ1) is 14.8. The molecule has 20 heavy (non-hydrogen) atoms. The van der Waals surface area contributed by atoms with Gasteiger partial charge in [-0.05, 0) is 43.3 Å². The number of rotatable bonds is 5. The van der Waals surface area contributed by atoms with E-state index in [1.165, 1.54) is 6.07 Å². The van der Waals surface area contributed by atoms with Gasteiger partial charge in [0, 0.05) is 6.04 Å². The summed E-state index contributed by atoms with van der Waals surface area (Å²) in [7, 11) is 0. The van der Waals surface area contributed by atoms with Gasteiger partial charge < -0.3 is 10.1 Å². The molecular formula is C16H17ClFNO. The third-order valence-electron chi connectivity index (χ3n) is 3.03. The Morgan fingerprint density at radius 2 is 1.90 bits per heavy atom. The quantitative estimate of drug-likeness (QED) is 0.843. The summed E-state index contributed by atoms with van der Waals surface area (Å²) in [6.45, 7) is 5.07. The van der Waals surface area contributed by atoms with Crippen molar-refractivity contribution in [3.63, 3.8) is 0 Å². The molecule has 4 heteroatoms. The second kappa shape index (κ2) is 6.73. The standard InChI is InChI=1S/C16H17ClFNO/c1-3-19-11(2)12-7-9-13(10-8-12)20-15-6-4-5-14(17)16(15)18/h4-11,19H,3H2,1-2H3. The molecular weight excluding hydrogens is 277 g/mol. The zero-order valence-electron chi connectivity index (χ0n) is 11.5. The van der Waals surface area contributed by atoms with Gasteiger partial charge in [-0.15, -0.1) is 0 Å². The minimum Gasteiger partial charge on any atom is -0.454 e. The lowest BCUT2D eigenvalue weighted by molar-refractivity contribution is 0.442. The van der Waals surface area contributed by atoms with Crippen molar-refractivity contribution in [3.8, 4) is 11.5 Å². The van der Waals surface area contributed by atoms with Gasteiger partial charge in [-0.25, -0.2) is 4.39 Å². The molecule has 2 rings (SSSR count). The fourth-order valence-corrected chi connectivity index (χ4v) is 2.10. The van der Waals surface area contributed by atoms with Gasteiger partial charge in [-0.1, -0.05) is 36.7 Å². The van der Waals surface area contributed by atoms with Gasteiger partial charge in [0.1, 0.15) is 5.75 Å². The van der Waals surface area contributed by atoms with E-state index in [2.05, 4.69) is 19.2 Å². The lowest BCUT2D eigenvalue weighted by Gasteiger charge is -2.13. The highest BCUT2D eigenvalue weighted by molar-refractivity contribution is 6.30. The zero-order chi connectivity index (χ0) is 14.5. The Hall–Kier alpha value is -1.58. The number of nitrogens with one attached hydrogen (secondary N) is 1. The van der Waals surface area contributed by atoms with E-state index in [0.717, 1.165) is 12.1 Å². The van der Waals surface area contributed by atoms with Gasteiger partial charge in [0.15, 0.2) is 11.6 Å². The van der Waals surface area contributed by atoms with Gasteiger partial charge in [-0.3, -0.25) is 0 Å². The van der Waals surface area contributed by atoms with Gasteiger partial charge in [0.05, 0.1) is 5.02 Å². The predicted molar refractivity (Wildman–Crippen MR) is 80.0 cm³/mol. The molecule has 2 aromatic carbocycles. The van der Waals surface area contributed by atoms with Gasteiger partial charge in [-0.2, -0.15) is 0 Å². The normalized spacial score (nSPS) is 12.2. The van der Waals surface area contributed by atoms with Crippen molar-refractivity contribution in [1.82, 2.24) is 5.32 Å². The van der Waals surface area contributed by atoms with Crippen LogP contribution in [-0.4, -0.2) is 6.54 Å². The van der Waals surface area contributed by atoms with E-state index >= 15 is 0 Å². The molecule has 0 heterocycles. The number of halogens is 2. The van der Waals surface area contributed by atoms with Crippen LogP contribution in [0.3, 0.4) is 0 Å². The van der Waals surface area contributed by atoms with Crippen LogP contribution in [0.2, 0.25) is 5.02 Å². The Kier molecular flexibility index (Phi) is 4.99. The predicted octanol–water partition coefficient (Wildman–Crippen LogP) is 4.94.